The molecular weight excluding hydrogens is 418 g/mol. The van der Waals surface area contributed by atoms with E-state index in [4.69, 9.17) is 0 Å². The fraction of sp³-hybridized carbons (Fsp3) is 0.435. The second-order valence-electron chi connectivity index (χ2n) is 9.04. The van der Waals surface area contributed by atoms with Crippen LogP contribution >= 0.6 is 0 Å². The van der Waals surface area contributed by atoms with Crippen molar-refractivity contribution in [2.24, 2.45) is 17.0 Å². The molecule has 0 aliphatic heterocycles. The minimum absolute atomic E-state index is 0.0913. The number of aliphatic hydroxyl groups excluding tert-OH is 2. The van der Waals surface area contributed by atoms with Crippen LogP contribution in [0.4, 0.5) is 5.69 Å². The van der Waals surface area contributed by atoms with Gasteiger partial charge in [0.05, 0.1) is 5.56 Å². The van der Waals surface area contributed by atoms with Crippen LogP contribution in [-0.2, 0) is 16.0 Å². The van der Waals surface area contributed by atoms with Crippen LogP contribution in [0.2, 0.25) is 0 Å². The van der Waals surface area contributed by atoms with Gasteiger partial charge in [-0.2, -0.15) is 0 Å². The maximum Gasteiger partial charge on any atom is 0.209 e. The molecule has 32 heavy (non-hydrogen) atoms. The lowest BCUT2D eigenvalue weighted by Crippen LogP contribution is -2.56. The third-order valence-electron chi connectivity index (χ3n) is 6.90. The first-order chi connectivity index (χ1) is 14.9. The van der Waals surface area contributed by atoms with Crippen molar-refractivity contribution in [2.45, 2.75) is 51.6 Å². The monoisotopic (exact) mass is 441 g/mol. The first kappa shape index (κ1) is 21.9. The van der Waals surface area contributed by atoms with Crippen LogP contribution in [0.3, 0.4) is 0 Å². The van der Waals surface area contributed by atoms with Gasteiger partial charge >= 0.3 is 0 Å². The number of rotatable bonds is 3. The van der Waals surface area contributed by atoms with Crippen LogP contribution in [0, 0.1) is 16.7 Å². The van der Waals surface area contributed by atoms with Crippen LogP contribution in [0.1, 0.15) is 61.0 Å². The third-order valence-corrected chi connectivity index (χ3v) is 6.90. The molecule has 0 bridgehead atoms. The Morgan fingerprint density at radius 2 is 1.84 bits per heavy atom. The van der Waals surface area contributed by atoms with Crippen LogP contribution in [0.15, 0.2) is 33.9 Å². The molecule has 9 nitrogen and oxygen atoms in total. The van der Waals surface area contributed by atoms with Crippen molar-refractivity contribution in [1.29, 1.82) is 0 Å². The molecule has 3 aliphatic carbocycles. The fourth-order valence-corrected chi connectivity index (χ4v) is 5.39. The number of aromatic hydroxyl groups is 1. The van der Waals surface area contributed by atoms with Crippen molar-refractivity contribution in [3.8, 4) is 5.75 Å². The Labute approximate surface area is 183 Å². The highest BCUT2D eigenvalue weighted by molar-refractivity contribution is 6.25. The van der Waals surface area contributed by atoms with Gasteiger partial charge in [-0.05, 0) is 54.0 Å². The van der Waals surface area contributed by atoms with Gasteiger partial charge < -0.3 is 20.4 Å². The van der Waals surface area contributed by atoms with Gasteiger partial charge in [0.15, 0.2) is 28.6 Å². The van der Waals surface area contributed by atoms with Crippen LogP contribution in [0.5, 0.6) is 5.75 Å². The topological polar surface area (TPSA) is 162 Å². The molecule has 0 amide bonds. The number of phenols is 1. The number of fused-ring (bicyclic) bond motifs is 3. The van der Waals surface area contributed by atoms with Gasteiger partial charge in [-0.15, -0.1) is 4.91 Å². The van der Waals surface area contributed by atoms with Crippen molar-refractivity contribution in [1.82, 2.24) is 0 Å². The first-order valence-corrected chi connectivity index (χ1v) is 10.4. The number of hydrogen-bond acceptors (Lipinski definition) is 9. The van der Waals surface area contributed by atoms with Crippen molar-refractivity contribution in [2.75, 3.05) is 0 Å². The molecular formula is C23H23NO8. The lowest BCUT2D eigenvalue weighted by molar-refractivity contribution is -0.144. The second-order valence-corrected chi connectivity index (χ2v) is 9.04. The molecule has 1 aromatic carbocycles. The number of allylic oxidation sites excluding steroid dienone is 2. The summed E-state index contributed by atoms with van der Waals surface area (Å²) in [5.41, 5.74) is -2.69. The molecule has 0 aromatic heterocycles. The smallest absolute Gasteiger partial charge is 0.209 e. The summed E-state index contributed by atoms with van der Waals surface area (Å²) in [4.78, 5) is 49.5. The summed E-state index contributed by atoms with van der Waals surface area (Å²) in [6, 6.07) is 1.44. The molecule has 3 atom stereocenters. The zero-order valence-corrected chi connectivity index (χ0v) is 17.8. The predicted molar refractivity (Wildman–Crippen MR) is 112 cm³/mol. The highest BCUT2D eigenvalue weighted by Gasteiger charge is 2.59. The standard InChI is InChI=1S/C23H23NO8/c1-8(2)12-7-14(24-32)19(27)18-13(12)5-10-4-11-6-15(26)16(9(3)25)21(29)23(11,31)22(30)17(10)20(18)28/h7-8,10-11,26-27,30-31H,4-6H2,1-3H3/t10-,11+,23-/m1/s1. The minimum Gasteiger partial charge on any atom is -0.511 e. The van der Waals surface area contributed by atoms with Crippen molar-refractivity contribution >= 4 is 23.0 Å². The Morgan fingerprint density at radius 3 is 2.41 bits per heavy atom. The van der Waals surface area contributed by atoms with Gasteiger partial charge in [0.2, 0.25) is 5.78 Å². The lowest BCUT2D eigenvalue weighted by atomic mass is 9.59. The van der Waals surface area contributed by atoms with Gasteiger partial charge in [-0.1, -0.05) is 13.8 Å². The summed E-state index contributed by atoms with van der Waals surface area (Å²) in [6.07, 6.45) is 0.0991. The van der Waals surface area contributed by atoms with Gasteiger partial charge in [0, 0.05) is 17.9 Å². The van der Waals surface area contributed by atoms with E-state index in [0.29, 0.717) is 11.1 Å². The summed E-state index contributed by atoms with van der Waals surface area (Å²) in [7, 11) is 0. The van der Waals surface area contributed by atoms with Crippen LogP contribution in [-0.4, -0.2) is 43.4 Å². The van der Waals surface area contributed by atoms with E-state index in [1.807, 2.05) is 13.8 Å². The fourth-order valence-electron chi connectivity index (χ4n) is 5.39. The Kier molecular flexibility index (Phi) is 4.85. The molecule has 3 aliphatic rings. The first-order valence-electron chi connectivity index (χ1n) is 10.4. The second kappa shape index (κ2) is 7.09. The number of phenolic OH excluding ortho intramolecular Hbond substituents is 1. The number of carbonyl (C=O) groups excluding carboxylic acids is 3. The molecule has 0 radical (unpaired) electrons. The summed E-state index contributed by atoms with van der Waals surface area (Å²) in [6.45, 7) is 4.78. The molecule has 168 valence electrons. The number of hydrogen-bond donors (Lipinski definition) is 4. The molecule has 4 N–H and O–H groups in total. The van der Waals surface area contributed by atoms with E-state index >= 15 is 0 Å². The summed E-state index contributed by atoms with van der Waals surface area (Å²) in [5, 5.41) is 45.9. The zero-order valence-electron chi connectivity index (χ0n) is 17.8. The van der Waals surface area contributed by atoms with Crippen molar-refractivity contribution in [3.63, 3.8) is 0 Å². The number of nitroso groups, excluding NO2 is 1. The Bertz CT molecular complexity index is 1170. The average Bonchev–Trinajstić information content (AvgIpc) is 2.70. The molecule has 0 fully saturated rings. The van der Waals surface area contributed by atoms with Gasteiger partial charge in [-0.25, -0.2) is 0 Å². The number of carbonyl (C=O) groups is 3. The van der Waals surface area contributed by atoms with Crippen molar-refractivity contribution in [3.05, 3.63) is 50.3 Å². The predicted octanol–water partition coefficient (Wildman–Crippen LogP) is 3.21. The van der Waals surface area contributed by atoms with E-state index < -0.39 is 57.6 Å². The SMILES string of the molecule is CC(=O)C1=C(O)C[C@@H]2C[C@@H]3Cc4c(C(C)C)cc(N=O)c(O)c4C(=O)C3=C(O)[C@]2(O)C1=O. The van der Waals surface area contributed by atoms with Gasteiger partial charge in [0.1, 0.15) is 17.1 Å². The number of Topliss-reactive ketones (excluding diaryl/α,β-unsaturated/α-hetero) is 3. The molecule has 0 heterocycles. The average molecular weight is 441 g/mol. The highest BCUT2D eigenvalue weighted by atomic mass is 16.3. The summed E-state index contributed by atoms with van der Waals surface area (Å²) < 4.78 is 0. The number of benzene rings is 1. The summed E-state index contributed by atoms with van der Waals surface area (Å²) >= 11 is 0. The normalized spacial score (nSPS) is 27.3. The van der Waals surface area contributed by atoms with E-state index in [1.165, 1.54) is 6.07 Å². The van der Waals surface area contributed by atoms with Crippen LogP contribution < -0.4 is 0 Å². The summed E-state index contributed by atoms with van der Waals surface area (Å²) in [5.74, 6) is -6.29. The van der Waals surface area contributed by atoms with E-state index in [1.54, 1.807) is 0 Å². The maximum absolute atomic E-state index is 13.5. The Morgan fingerprint density at radius 1 is 1.19 bits per heavy atom. The largest absolute Gasteiger partial charge is 0.511 e. The zero-order chi connectivity index (χ0) is 23.7. The molecule has 0 saturated heterocycles. The van der Waals surface area contributed by atoms with E-state index in [-0.39, 0.29) is 42.0 Å². The lowest BCUT2D eigenvalue weighted by Gasteiger charge is -2.46. The Hall–Kier alpha value is -3.33. The van der Waals surface area contributed by atoms with E-state index in [2.05, 4.69) is 5.18 Å². The molecule has 4 rings (SSSR count). The highest BCUT2D eigenvalue weighted by Crippen LogP contribution is 2.53. The number of aliphatic hydroxyl groups is 3. The minimum atomic E-state index is -2.54. The molecule has 0 spiro atoms. The van der Waals surface area contributed by atoms with E-state index in [0.717, 1.165) is 6.92 Å². The molecule has 1 aromatic rings. The van der Waals surface area contributed by atoms with Gasteiger partial charge in [0.25, 0.3) is 0 Å². The van der Waals surface area contributed by atoms with E-state index in [9.17, 15) is 39.7 Å². The Balaban J connectivity index is 1.96. The maximum atomic E-state index is 13.5. The van der Waals surface area contributed by atoms with Gasteiger partial charge in [-0.3, -0.25) is 14.4 Å². The molecule has 9 heteroatoms. The molecule has 0 unspecified atom stereocenters. The quantitative estimate of drug-likeness (QED) is 0.410. The van der Waals surface area contributed by atoms with Crippen LogP contribution in [0.25, 0.3) is 0 Å². The number of nitrogens with zero attached hydrogens (tertiary/aromatic N) is 1. The van der Waals surface area contributed by atoms with Crippen molar-refractivity contribution < 1.29 is 34.8 Å². The molecule has 0 saturated carbocycles. The number of ketones is 3. The third kappa shape index (κ3) is 2.70.